The highest BCUT2D eigenvalue weighted by Crippen LogP contribution is 2.27. The van der Waals surface area contributed by atoms with Gasteiger partial charge in [-0.3, -0.25) is 0 Å². The molecule has 0 aliphatic carbocycles. The highest BCUT2D eigenvalue weighted by Gasteiger charge is 2.23. The van der Waals surface area contributed by atoms with Crippen molar-refractivity contribution in [2.75, 3.05) is 11.4 Å². The Hall–Kier alpha value is -2.28. The van der Waals surface area contributed by atoms with Crippen molar-refractivity contribution in [3.8, 4) is 6.07 Å². The molecular formula is C16H17N3O. The first-order valence-electron chi connectivity index (χ1n) is 6.91. The van der Waals surface area contributed by atoms with Crippen molar-refractivity contribution in [1.29, 1.82) is 5.26 Å². The zero-order chi connectivity index (χ0) is 14.1. The van der Waals surface area contributed by atoms with Gasteiger partial charge in [0, 0.05) is 24.6 Å². The maximum atomic E-state index is 8.99. The number of hydrogen-bond acceptors (Lipinski definition) is 4. The predicted molar refractivity (Wildman–Crippen MR) is 76.5 cm³/mol. The van der Waals surface area contributed by atoms with E-state index in [0.29, 0.717) is 11.5 Å². The topological polar surface area (TPSA) is 53.1 Å². The average molecular weight is 267 g/mol. The molecule has 0 amide bonds. The van der Waals surface area contributed by atoms with Crippen LogP contribution in [0.1, 0.15) is 42.7 Å². The number of rotatable bonds is 2. The lowest BCUT2D eigenvalue weighted by molar-refractivity contribution is 0.427. The molecule has 0 N–H and O–H groups in total. The van der Waals surface area contributed by atoms with Crippen LogP contribution in [0.2, 0.25) is 0 Å². The fourth-order valence-electron chi connectivity index (χ4n) is 2.45. The summed E-state index contributed by atoms with van der Waals surface area (Å²) in [4.78, 5) is 6.80. The van der Waals surface area contributed by atoms with Crippen molar-refractivity contribution >= 4 is 5.69 Å². The Morgan fingerprint density at radius 1 is 1.40 bits per heavy atom. The van der Waals surface area contributed by atoms with E-state index in [1.807, 2.05) is 24.3 Å². The van der Waals surface area contributed by atoms with E-state index in [1.54, 1.807) is 0 Å². The van der Waals surface area contributed by atoms with Crippen LogP contribution in [0, 0.1) is 11.3 Å². The van der Waals surface area contributed by atoms with Gasteiger partial charge >= 0.3 is 0 Å². The summed E-state index contributed by atoms with van der Waals surface area (Å²) >= 11 is 0. The Morgan fingerprint density at radius 3 is 3.00 bits per heavy atom. The van der Waals surface area contributed by atoms with Crippen LogP contribution in [0.25, 0.3) is 0 Å². The van der Waals surface area contributed by atoms with Crippen molar-refractivity contribution in [1.82, 2.24) is 4.98 Å². The summed E-state index contributed by atoms with van der Waals surface area (Å²) in [5.74, 6) is 2.10. The van der Waals surface area contributed by atoms with E-state index in [-0.39, 0.29) is 0 Å². The van der Waals surface area contributed by atoms with Crippen LogP contribution in [-0.2, 0) is 13.0 Å². The van der Waals surface area contributed by atoms with Crippen LogP contribution < -0.4 is 4.90 Å². The molecule has 102 valence electrons. The Kier molecular flexibility index (Phi) is 3.19. The SMILES string of the molecule is CC(C)c1nc2c(o1)CN(c1cccc(C#N)c1)CC2. The quantitative estimate of drug-likeness (QED) is 0.838. The number of anilines is 1. The molecule has 0 unspecified atom stereocenters. The molecule has 4 heteroatoms. The van der Waals surface area contributed by atoms with Crippen LogP contribution >= 0.6 is 0 Å². The number of aromatic nitrogens is 1. The standard InChI is InChI=1S/C16H17N3O/c1-11(2)16-18-14-6-7-19(10-15(14)20-16)13-5-3-4-12(8-13)9-17/h3-5,8,11H,6-7,10H2,1-2H3. The minimum absolute atomic E-state index is 0.316. The smallest absolute Gasteiger partial charge is 0.197 e. The van der Waals surface area contributed by atoms with Gasteiger partial charge < -0.3 is 9.32 Å². The highest BCUT2D eigenvalue weighted by molar-refractivity contribution is 5.52. The van der Waals surface area contributed by atoms with Crippen molar-refractivity contribution < 1.29 is 4.42 Å². The van der Waals surface area contributed by atoms with Crippen molar-refractivity contribution in [2.24, 2.45) is 0 Å². The van der Waals surface area contributed by atoms with Crippen molar-refractivity contribution in [2.45, 2.75) is 32.7 Å². The van der Waals surface area contributed by atoms with E-state index in [1.165, 1.54) is 0 Å². The zero-order valence-electron chi connectivity index (χ0n) is 11.8. The number of nitriles is 1. The van der Waals surface area contributed by atoms with Gasteiger partial charge in [-0.1, -0.05) is 19.9 Å². The molecule has 0 radical (unpaired) electrons. The highest BCUT2D eigenvalue weighted by atomic mass is 16.4. The van der Waals surface area contributed by atoms with Gasteiger partial charge in [0.1, 0.15) is 5.76 Å². The van der Waals surface area contributed by atoms with Gasteiger partial charge in [-0.15, -0.1) is 0 Å². The van der Waals surface area contributed by atoms with Gasteiger partial charge in [-0.25, -0.2) is 4.98 Å². The number of fused-ring (bicyclic) bond motifs is 1. The number of benzene rings is 1. The summed E-state index contributed by atoms with van der Waals surface area (Å²) in [5, 5.41) is 8.99. The molecule has 1 aromatic carbocycles. The van der Waals surface area contributed by atoms with Crippen molar-refractivity contribution in [3.63, 3.8) is 0 Å². The molecule has 0 fully saturated rings. The molecule has 1 aliphatic heterocycles. The minimum Gasteiger partial charge on any atom is -0.443 e. The lowest BCUT2D eigenvalue weighted by Gasteiger charge is -2.27. The monoisotopic (exact) mass is 267 g/mol. The molecule has 2 heterocycles. The lowest BCUT2D eigenvalue weighted by Crippen LogP contribution is -2.29. The molecule has 1 aromatic heterocycles. The third-order valence-corrected chi connectivity index (χ3v) is 3.58. The maximum Gasteiger partial charge on any atom is 0.197 e. The van der Waals surface area contributed by atoms with Crippen molar-refractivity contribution in [3.05, 3.63) is 47.2 Å². The molecule has 0 saturated carbocycles. The fourth-order valence-corrected chi connectivity index (χ4v) is 2.45. The largest absolute Gasteiger partial charge is 0.443 e. The van der Waals surface area contributed by atoms with Gasteiger partial charge in [0.05, 0.1) is 23.9 Å². The fraction of sp³-hybridized carbons (Fsp3) is 0.375. The molecule has 4 nitrogen and oxygen atoms in total. The molecule has 20 heavy (non-hydrogen) atoms. The Morgan fingerprint density at radius 2 is 2.25 bits per heavy atom. The molecule has 1 aliphatic rings. The van der Waals surface area contributed by atoms with Gasteiger partial charge in [0.2, 0.25) is 0 Å². The maximum absolute atomic E-state index is 8.99. The summed E-state index contributed by atoms with van der Waals surface area (Å²) in [5.41, 5.74) is 2.84. The average Bonchev–Trinajstić information content (AvgIpc) is 2.90. The first kappa shape index (κ1) is 12.7. The summed E-state index contributed by atoms with van der Waals surface area (Å²) in [6.45, 7) is 5.81. The molecule has 2 aromatic rings. The molecule has 0 bridgehead atoms. The first-order chi connectivity index (χ1) is 9.67. The normalized spacial score (nSPS) is 14.2. The second-order valence-corrected chi connectivity index (χ2v) is 5.41. The van der Waals surface area contributed by atoms with Gasteiger partial charge in [0.15, 0.2) is 5.89 Å². The summed E-state index contributed by atoms with van der Waals surface area (Å²) < 4.78 is 5.86. The van der Waals surface area contributed by atoms with Crippen LogP contribution in [-0.4, -0.2) is 11.5 Å². The van der Waals surface area contributed by atoms with Crippen LogP contribution in [0.15, 0.2) is 28.7 Å². The number of oxazole rings is 1. The van der Waals surface area contributed by atoms with Crippen LogP contribution in [0.5, 0.6) is 0 Å². The summed E-state index contributed by atoms with van der Waals surface area (Å²) in [6.07, 6.45) is 0.891. The van der Waals surface area contributed by atoms with Gasteiger partial charge in [0.25, 0.3) is 0 Å². The number of hydrogen-bond donors (Lipinski definition) is 0. The molecule has 3 rings (SSSR count). The third-order valence-electron chi connectivity index (χ3n) is 3.58. The Balaban J connectivity index is 1.86. The van der Waals surface area contributed by atoms with E-state index in [2.05, 4.69) is 29.8 Å². The van der Waals surface area contributed by atoms with Gasteiger partial charge in [-0.2, -0.15) is 5.26 Å². The van der Waals surface area contributed by atoms with E-state index in [0.717, 1.165) is 42.5 Å². The molecule has 0 spiro atoms. The van der Waals surface area contributed by atoms with E-state index in [4.69, 9.17) is 9.68 Å². The van der Waals surface area contributed by atoms with Gasteiger partial charge in [-0.05, 0) is 18.2 Å². The number of nitrogens with zero attached hydrogens (tertiary/aromatic N) is 3. The minimum atomic E-state index is 0.316. The second kappa shape index (κ2) is 5.01. The molecular weight excluding hydrogens is 250 g/mol. The third kappa shape index (κ3) is 2.27. The zero-order valence-corrected chi connectivity index (χ0v) is 11.8. The van der Waals surface area contributed by atoms with E-state index in [9.17, 15) is 0 Å². The summed E-state index contributed by atoms with van der Waals surface area (Å²) in [7, 11) is 0. The van der Waals surface area contributed by atoms with E-state index < -0.39 is 0 Å². The Labute approximate surface area is 118 Å². The molecule has 0 saturated heterocycles. The first-order valence-corrected chi connectivity index (χ1v) is 6.91. The lowest BCUT2D eigenvalue weighted by atomic mass is 10.1. The predicted octanol–water partition coefficient (Wildman–Crippen LogP) is 3.23. The summed E-state index contributed by atoms with van der Waals surface area (Å²) in [6, 6.07) is 9.88. The Bertz CT molecular complexity index is 667. The van der Waals surface area contributed by atoms with Crippen LogP contribution in [0.4, 0.5) is 5.69 Å². The van der Waals surface area contributed by atoms with E-state index >= 15 is 0 Å². The second-order valence-electron chi connectivity index (χ2n) is 5.41. The molecule has 0 atom stereocenters. The van der Waals surface area contributed by atoms with Crippen LogP contribution in [0.3, 0.4) is 0 Å².